The van der Waals surface area contributed by atoms with Crippen molar-refractivity contribution in [1.29, 1.82) is 0 Å². The molecule has 7 nitrogen and oxygen atoms in total. The molecule has 3 aromatic heterocycles. The highest BCUT2D eigenvalue weighted by Crippen LogP contribution is 2.21. The number of fused-ring (bicyclic) bond motifs is 2. The summed E-state index contributed by atoms with van der Waals surface area (Å²) in [6.45, 7) is 2.30. The zero-order valence-electron chi connectivity index (χ0n) is 17.3. The molecule has 1 amide bonds. The Morgan fingerprint density at radius 2 is 1.91 bits per heavy atom. The second-order valence-corrected chi connectivity index (χ2v) is 8.15. The predicted molar refractivity (Wildman–Crippen MR) is 124 cm³/mol. The first-order valence-corrected chi connectivity index (χ1v) is 10.5. The van der Waals surface area contributed by atoms with E-state index < -0.39 is 0 Å². The van der Waals surface area contributed by atoms with Crippen molar-refractivity contribution in [2.24, 2.45) is 0 Å². The van der Waals surface area contributed by atoms with Crippen molar-refractivity contribution in [1.82, 2.24) is 30.7 Å². The molecule has 0 aliphatic rings. The van der Waals surface area contributed by atoms with Gasteiger partial charge in [-0.15, -0.1) is 5.10 Å². The molecule has 0 saturated carbocycles. The molecule has 0 atom stereocenters. The van der Waals surface area contributed by atoms with Crippen LogP contribution in [-0.4, -0.2) is 31.3 Å². The summed E-state index contributed by atoms with van der Waals surface area (Å²) in [7, 11) is 0. The van der Waals surface area contributed by atoms with Gasteiger partial charge >= 0.3 is 0 Å². The van der Waals surface area contributed by atoms with E-state index in [-0.39, 0.29) is 18.1 Å². The number of nitrogens with one attached hydrogen (secondary N) is 2. The summed E-state index contributed by atoms with van der Waals surface area (Å²) >= 11 is 6.08. The zero-order chi connectivity index (χ0) is 22.1. The first-order chi connectivity index (χ1) is 15.5. The van der Waals surface area contributed by atoms with Crippen LogP contribution in [0.4, 0.5) is 0 Å². The topological polar surface area (TPSA) is 96.5 Å². The lowest BCUT2D eigenvalue weighted by Crippen LogP contribution is -2.24. The van der Waals surface area contributed by atoms with Gasteiger partial charge in [0.2, 0.25) is 0 Å². The van der Waals surface area contributed by atoms with Gasteiger partial charge in [0, 0.05) is 22.0 Å². The maximum atomic E-state index is 12.7. The number of H-pyrrole nitrogens is 1. The molecule has 0 bridgehead atoms. The van der Waals surface area contributed by atoms with E-state index >= 15 is 0 Å². The minimum absolute atomic E-state index is 0.266. The molecule has 8 heteroatoms. The summed E-state index contributed by atoms with van der Waals surface area (Å²) in [6, 6.07) is 15.5. The summed E-state index contributed by atoms with van der Waals surface area (Å²) in [6.07, 6.45) is 4.18. The lowest BCUT2D eigenvalue weighted by Gasteiger charge is -2.07. The van der Waals surface area contributed by atoms with Gasteiger partial charge in [0.15, 0.2) is 5.69 Å². The molecule has 0 aliphatic carbocycles. The van der Waals surface area contributed by atoms with E-state index in [9.17, 15) is 4.79 Å². The number of rotatable bonds is 5. The van der Waals surface area contributed by atoms with Crippen LogP contribution in [0.15, 0.2) is 60.9 Å². The van der Waals surface area contributed by atoms with Crippen molar-refractivity contribution in [2.45, 2.75) is 19.9 Å². The molecular weight excluding hydrogens is 424 g/mol. The number of aryl methyl sites for hydroxylation is 1. The number of amides is 1. The van der Waals surface area contributed by atoms with Crippen molar-refractivity contribution < 1.29 is 4.79 Å². The molecule has 2 aromatic carbocycles. The molecule has 32 heavy (non-hydrogen) atoms. The van der Waals surface area contributed by atoms with E-state index in [1.807, 2.05) is 37.4 Å². The van der Waals surface area contributed by atoms with Crippen LogP contribution in [0.5, 0.6) is 0 Å². The number of carbonyl (C=O) groups excluding carboxylic acids is 1. The van der Waals surface area contributed by atoms with E-state index in [0.29, 0.717) is 11.4 Å². The highest BCUT2D eigenvalue weighted by molar-refractivity contribution is 6.31. The molecule has 3 heterocycles. The SMILES string of the molecule is Cc1cnc2ccc(Cc3cnnc(C(=O)NCc4[nH]nc5ccc(Cl)cc45)c3)cc2c1. The number of nitrogens with zero attached hydrogens (tertiary/aromatic N) is 4. The van der Waals surface area contributed by atoms with Gasteiger partial charge in [-0.1, -0.05) is 17.7 Å². The van der Waals surface area contributed by atoms with E-state index in [2.05, 4.69) is 42.8 Å². The van der Waals surface area contributed by atoms with Gasteiger partial charge in [0.25, 0.3) is 5.91 Å². The Morgan fingerprint density at radius 3 is 2.81 bits per heavy atom. The number of hydrogen-bond donors (Lipinski definition) is 2. The van der Waals surface area contributed by atoms with Gasteiger partial charge in [0.1, 0.15) is 0 Å². The smallest absolute Gasteiger partial charge is 0.272 e. The van der Waals surface area contributed by atoms with Crippen molar-refractivity contribution in [3.8, 4) is 0 Å². The van der Waals surface area contributed by atoms with Crippen LogP contribution in [0.1, 0.15) is 32.9 Å². The molecular formula is C24H19ClN6O. The highest BCUT2D eigenvalue weighted by Gasteiger charge is 2.12. The Balaban J connectivity index is 1.31. The molecule has 0 unspecified atom stereocenters. The second-order valence-electron chi connectivity index (χ2n) is 7.71. The van der Waals surface area contributed by atoms with Gasteiger partial charge in [-0.2, -0.15) is 10.2 Å². The quantitative estimate of drug-likeness (QED) is 0.421. The lowest BCUT2D eigenvalue weighted by molar-refractivity contribution is 0.0944. The molecule has 0 fully saturated rings. The number of carbonyl (C=O) groups is 1. The number of hydrogen-bond acceptors (Lipinski definition) is 5. The summed E-state index contributed by atoms with van der Waals surface area (Å²) in [4.78, 5) is 17.1. The Hall–Kier alpha value is -3.84. The third-order valence-corrected chi connectivity index (χ3v) is 5.49. The second kappa shape index (κ2) is 8.36. The van der Waals surface area contributed by atoms with E-state index in [1.165, 1.54) is 0 Å². The Kier molecular flexibility index (Phi) is 5.25. The van der Waals surface area contributed by atoms with Crippen LogP contribution in [0.2, 0.25) is 5.02 Å². The molecule has 0 radical (unpaired) electrons. The third kappa shape index (κ3) is 4.15. The van der Waals surface area contributed by atoms with Gasteiger partial charge in [-0.25, -0.2) is 0 Å². The Morgan fingerprint density at radius 1 is 1.03 bits per heavy atom. The van der Waals surface area contributed by atoms with Crippen LogP contribution in [-0.2, 0) is 13.0 Å². The maximum Gasteiger partial charge on any atom is 0.272 e. The number of aromatic amines is 1. The number of halogens is 1. The fraction of sp³-hybridized carbons (Fsp3) is 0.125. The molecule has 0 spiro atoms. The largest absolute Gasteiger partial charge is 0.345 e. The molecule has 0 aliphatic heterocycles. The third-order valence-electron chi connectivity index (χ3n) is 5.26. The van der Waals surface area contributed by atoms with Crippen molar-refractivity contribution in [2.75, 3.05) is 0 Å². The lowest BCUT2D eigenvalue weighted by atomic mass is 10.0. The van der Waals surface area contributed by atoms with E-state index in [0.717, 1.165) is 44.2 Å². The minimum Gasteiger partial charge on any atom is -0.345 e. The summed E-state index contributed by atoms with van der Waals surface area (Å²) in [5.41, 5.74) is 5.93. The molecule has 2 N–H and O–H groups in total. The number of pyridine rings is 1. The van der Waals surface area contributed by atoms with Crippen molar-refractivity contribution in [3.63, 3.8) is 0 Å². The van der Waals surface area contributed by atoms with Gasteiger partial charge in [-0.05, 0) is 72.5 Å². The van der Waals surface area contributed by atoms with Crippen LogP contribution in [0.3, 0.4) is 0 Å². The minimum atomic E-state index is -0.303. The molecule has 0 saturated heterocycles. The van der Waals surface area contributed by atoms with Crippen LogP contribution >= 0.6 is 11.6 Å². The molecule has 158 valence electrons. The normalized spacial score (nSPS) is 11.2. The maximum absolute atomic E-state index is 12.7. The first kappa shape index (κ1) is 20.1. The summed E-state index contributed by atoms with van der Waals surface area (Å²) in [5, 5.41) is 20.7. The van der Waals surface area contributed by atoms with Gasteiger partial charge < -0.3 is 5.32 Å². The van der Waals surface area contributed by atoms with Crippen LogP contribution in [0.25, 0.3) is 21.8 Å². The van der Waals surface area contributed by atoms with Gasteiger partial charge in [0.05, 0.1) is 29.5 Å². The monoisotopic (exact) mass is 442 g/mol. The fourth-order valence-corrected chi connectivity index (χ4v) is 3.85. The Bertz CT molecular complexity index is 1460. The van der Waals surface area contributed by atoms with Gasteiger partial charge in [-0.3, -0.25) is 14.9 Å². The van der Waals surface area contributed by atoms with Crippen molar-refractivity contribution in [3.05, 3.63) is 94.0 Å². The van der Waals surface area contributed by atoms with E-state index in [1.54, 1.807) is 18.3 Å². The zero-order valence-corrected chi connectivity index (χ0v) is 18.0. The highest BCUT2D eigenvalue weighted by atomic mass is 35.5. The number of benzene rings is 2. The fourth-order valence-electron chi connectivity index (χ4n) is 3.68. The average Bonchev–Trinajstić information content (AvgIpc) is 3.19. The van der Waals surface area contributed by atoms with Crippen LogP contribution in [0, 0.1) is 6.92 Å². The van der Waals surface area contributed by atoms with Crippen molar-refractivity contribution >= 4 is 39.3 Å². The predicted octanol–water partition coefficient (Wildman–Crippen LogP) is 4.38. The molecule has 5 aromatic rings. The molecule has 5 rings (SSSR count). The average molecular weight is 443 g/mol. The summed E-state index contributed by atoms with van der Waals surface area (Å²) in [5.74, 6) is -0.303. The first-order valence-electron chi connectivity index (χ1n) is 10.1. The number of aromatic nitrogens is 5. The summed E-state index contributed by atoms with van der Waals surface area (Å²) < 4.78 is 0. The standard InChI is InChI=1S/C24H19ClN6O/c1-14-6-17-8-15(2-4-20(17)26-11-14)7-16-9-22(29-28-12-16)24(32)27-13-23-19-10-18(25)3-5-21(19)30-31-23/h2-6,8-12H,7,13H2,1H3,(H,27,32)(H,30,31). The van der Waals surface area contributed by atoms with E-state index in [4.69, 9.17) is 11.6 Å². The van der Waals surface area contributed by atoms with Crippen LogP contribution < -0.4 is 5.32 Å². The Labute approximate surface area is 188 Å².